The SMILES string of the molecule is CC(C)(C)S(=O)(=O)Nc1cc(Br)ccc1C(N)=S. The molecule has 0 bridgehead atoms. The summed E-state index contributed by atoms with van der Waals surface area (Å²) in [5, 5.41) is 0. The van der Waals surface area contributed by atoms with Crippen molar-refractivity contribution in [3.63, 3.8) is 0 Å². The second-order valence-corrected chi connectivity index (χ2v) is 8.56. The van der Waals surface area contributed by atoms with Crippen LogP contribution >= 0.6 is 28.1 Å². The molecule has 0 radical (unpaired) electrons. The van der Waals surface area contributed by atoms with E-state index in [1.54, 1.807) is 39.0 Å². The Labute approximate surface area is 121 Å². The summed E-state index contributed by atoms with van der Waals surface area (Å²) in [6, 6.07) is 5.06. The van der Waals surface area contributed by atoms with Crippen LogP contribution in [0.4, 0.5) is 5.69 Å². The van der Waals surface area contributed by atoms with Crippen LogP contribution in [0.3, 0.4) is 0 Å². The number of rotatable bonds is 3. The van der Waals surface area contributed by atoms with E-state index in [2.05, 4.69) is 20.7 Å². The molecule has 4 nitrogen and oxygen atoms in total. The lowest BCUT2D eigenvalue weighted by atomic mass is 10.2. The maximum absolute atomic E-state index is 12.1. The van der Waals surface area contributed by atoms with Gasteiger partial charge in [0.2, 0.25) is 10.0 Å². The van der Waals surface area contributed by atoms with E-state index in [9.17, 15) is 8.42 Å². The van der Waals surface area contributed by atoms with Crippen LogP contribution in [0.2, 0.25) is 0 Å². The lowest BCUT2D eigenvalue weighted by molar-refractivity contribution is 0.566. The first-order chi connectivity index (χ1) is 8.04. The highest BCUT2D eigenvalue weighted by atomic mass is 79.9. The molecule has 0 aliphatic carbocycles. The van der Waals surface area contributed by atoms with Gasteiger partial charge < -0.3 is 5.73 Å². The first-order valence-corrected chi connectivity index (χ1v) is 7.85. The highest BCUT2D eigenvalue weighted by molar-refractivity contribution is 9.10. The molecule has 1 rings (SSSR count). The topological polar surface area (TPSA) is 72.2 Å². The van der Waals surface area contributed by atoms with Gasteiger partial charge >= 0.3 is 0 Å². The zero-order valence-corrected chi connectivity index (χ0v) is 13.5. The summed E-state index contributed by atoms with van der Waals surface area (Å²) in [7, 11) is -3.51. The van der Waals surface area contributed by atoms with E-state index in [0.29, 0.717) is 11.3 Å². The Balaban J connectivity index is 3.27. The molecule has 0 aliphatic rings. The van der Waals surface area contributed by atoms with E-state index < -0.39 is 14.8 Å². The van der Waals surface area contributed by atoms with E-state index in [4.69, 9.17) is 18.0 Å². The van der Waals surface area contributed by atoms with E-state index in [0.717, 1.165) is 4.47 Å². The average Bonchev–Trinajstić information content (AvgIpc) is 2.14. The van der Waals surface area contributed by atoms with Crippen LogP contribution in [0.15, 0.2) is 22.7 Å². The molecule has 100 valence electrons. The number of hydrogen-bond acceptors (Lipinski definition) is 3. The minimum Gasteiger partial charge on any atom is -0.389 e. The Bertz CT molecular complexity index is 577. The second kappa shape index (κ2) is 5.14. The van der Waals surface area contributed by atoms with Crippen molar-refractivity contribution in [3.05, 3.63) is 28.2 Å². The van der Waals surface area contributed by atoms with Crippen molar-refractivity contribution in [1.82, 2.24) is 0 Å². The highest BCUT2D eigenvalue weighted by Crippen LogP contribution is 2.25. The molecule has 0 fully saturated rings. The molecule has 0 atom stereocenters. The summed E-state index contributed by atoms with van der Waals surface area (Å²) < 4.78 is 26.5. The van der Waals surface area contributed by atoms with E-state index >= 15 is 0 Å². The van der Waals surface area contributed by atoms with Crippen molar-refractivity contribution in [2.75, 3.05) is 4.72 Å². The summed E-state index contributed by atoms with van der Waals surface area (Å²) in [5.41, 5.74) is 6.46. The van der Waals surface area contributed by atoms with E-state index in [1.165, 1.54) is 0 Å². The van der Waals surface area contributed by atoms with Crippen LogP contribution in [0.5, 0.6) is 0 Å². The summed E-state index contributed by atoms with van der Waals surface area (Å²) >= 11 is 8.19. The smallest absolute Gasteiger partial charge is 0.237 e. The number of benzene rings is 1. The van der Waals surface area contributed by atoms with Crippen molar-refractivity contribution in [3.8, 4) is 0 Å². The fraction of sp³-hybridized carbons (Fsp3) is 0.364. The Morgan fingerprint density at radius 3 is 2.39 bits per heavy atom. The number of nitrogens with two attached hydrogens (primary N) is 1. The molecule has 0 saturated carbocycles. The summed E-state index contributed by atoms with van der Waals surface area (Å²) in [6.07, 6.45) is 0. The van der Waals surface area contributed by atoms with Gasteiger partial charge in [0, 0.05) is 10.0 Å². The second-order valence-electron chi connectivity index (χ2n) is 4.77. The highest BCUT2D eigenvalue weighted by Gasteiger charge is 2.29. The molecule has 7 heteroatoms. The van der Waals surface area contributed by atoms with E-state index in [-0.39, 0.29) is 4.99 Å². The zero-order chi connectivity index (χ0) is 14.1. The van der Waals surface area contributed by atoms with Crippen LogP contribution in [0.25, 0.3) is 0 Å². The number of sulfonamides is 1. The quantitative estimate of drug-likeness (QED) is 0.822. The molecule has 0 amide bonds. The molecular formula is C11H15BrN2O2S2. The molecule has 1 aromatic rings. The van der Waals surface area contributed by atoms with Crippen LogP contribution in [0, 0.1) is 0 Å². The molecule has 0 aliphatic heterocycles. The van der Waals surface area contributed by atoms with Gasteiger partial charge in [-0.3, -0.25) is 4.72 Å². The van der Waals surface area contributed by atoms with Crippen molar-refractivity contribution in [2.24, 2.45) is 5.73 Å². The first kappa shape index (κ1) is 15.4. The summed E-state index contributed by atoms with van der Waals surface area (Å²) in [4.78, 5) is 0.147. The Hall–Kier alpha value is -0.660. The van der Waals surface area contributed by atoms with Gasteiger partial charge in [-0.25, -0.2) is 8.42 Å². The maximum atomic E-state index is 12.1. The maximum Gasteiger partial charge on any atom is 0.237 e. The van der Waals surface area contributed by atoms with Crippen LogP contribution in [-0.2, 0) is 10.0 Å². The third kappa shape index (κ3) is 3.43. The van der Waals surface area contributed by atoms with Crippen molar-refractivity contribution in [2.45, 2.75) is 25.5 Å². The van der Waals surface area contributed by atoms with Gasteiger partial charge in [-0.15, -0.1) is 0 Å². The van der Waals surface area contributed by atoms with Gasteiger partial charge in [-0.1, -0.05) is 28.1 Å². The minimum absolute atomic E-state index is 0.147. The number of hydrogen-bond donors (Lipinski definition) is 2. The fourth-order valence-corrected chi connectivity index (χ4v) is 2.42. The van der Waals surface area contributed by atoms with Crippen molar-refractivity contribution < 1.29 is 8.42 Å². The zero-order valence-electron chi connectivity index (χ0n) is 10.3. The van der Waals surface area contributed by atoms with Crippen LogP contribution < -0.4 is 10.5 Å². The van der Waals surface area contributed by atoms with Crippen LogP contribution in [-0.4, -0.2) is 18.2 Å². The lowest BCUT2D eigenvalue weighted by Crippen LogP contribution is -2.34. The molecule has 0 unspecified atom stereocenters. The number of anilines is 1. The third-order valence-corrected chi connectivity index (χ3v) is 5.11. The lowest BCUT2D eigenvalue weighted by Gasteiger charge is -2.21. The largest absolute Gasteiger partial charge is 0.389 e. The molecule has 18 heavy (non-hydrogen) atoms. The minimum atomic E-state index is -3.51. The molecule has 0 heterocycles. The third-order valence-electron chi connectivity index (χ3n) is 2.30. The first-order valence-electron chi connectivity index (χ1n) is 5.16. The predicted octanol–water partition coefficient (Wildman–Crippen LogP) is 2.62. The Kier molecular flexibility index (Phi) is 4.40. The molecule has 0 saturated heterocycles. The number of nitrogens with one attached hydrogen (secondary N) is 1. The molecule has 1 aromatic carbocycles. The van der Waals surface area contributed by atoms with Gasteiger partial charge in [0.05, 0.1) is 10.4 Å². The average molecular weight is 351 g/mol. The monoisotopic (exact) mass is 350 g/mol. The van der Waals surface area contributed by atoms with Gasteiger partial charge in [-0.2, -0.15) is 0 Å². The summed E-state index contributed by atoms with van der Waals surface area (Å²) in [6.45, 7) is 4.86. The fourth-order valence-electron chi connectivity index (χ4n) is 1.11. The van der Waals surface area contributed by atoms with E-state index in [1.807, 2.05) is 0 Å². The van der Waals surface area contributed by atoms with Gasteiger partial charge in [0.15, 0.2) is 0 Å². The number of thiocarbonyl (C=S) groups is 1. The molecule has 0 spiro atoms. The number of halogens is 1. The normalized spacial score (nSPS) is 12.2. The Morgan fingerprint density at radius 1 is 1.39 bits per heavy atom. The van der Waals surface area contributed by atoms with Crippen molar-refractivity contribution in [1.29, 1.82) is 0 Å². The van der Waals surface area contributed by atoms with Gasteiger partial charge in [0.25, 0.3) is 0 Å². The van der Waals surface area contributed by atoms with Crippen molar-refractivity contribution >= 4 is 48.8 Å². The Morgan fingerprint density at radius 2 is 1.94 bits per heavy atom. The predicted molar refractivity (Wildman–Crippen MR) is 82.3 cm³/mol. The molecule has 3 N–H and O–H groups in total. The molecule has 0 aromatic heterocycles. The van der Waals surface area contributed by atoms with Gasteiger partial charge in [0.1, 0.15) is 4.99 Å². The summed E-state index contributed by atoms with van der Waals surface area (Å²) in [5.74, 6) is 0. The molecular weight excluding hydrogens is 336 g/mol. The van der Waals surface area contributed by atoms with Gasteiger partial charge in [-0.05, 0) is 39.0 Å². The van der Waals surface area contributed by atoms with Crippen LogP contribution in [0.1, 0.15) is 26.3 Å². The standard InChI is InChI=1S/C11H15BrN2O2S2/c1-11(2,3)18(15,16)14-9-6-7(12)4-5-8(9)10(13)17/h4-6,14H,1-3H3,(H2,13,17).